The maximum absolute atomic E-state index is 13.5. The second kappa shape index (κ2) is 10.2. The number of carbonyl (C=O) groups excluding carboxylic acids is 1. The van der Waals surface area contributed by atoms with Gasteiger partial charge in [0.15, 0.2) is 0 Å². The summed E-state index contributed by atoms with van der Waals surface area (Å²) in [6.07, 6.45) is 2.39. The molecule has 1 fully saturated rings. The lowest BCUT2D eigenvalue weighted by Crippen LogP contribution is -2.50. The molecule has 2 heterocycles. The summed E-state index contributed by atoms with van der Waals surface area (Å²) in [5.41, 5.74) is 0.574. The summed E-state index contributed by atoms with van der Waals surface area (Å²) in [7, 11) is -1.66. The van der Waals surface area contributed by atoms with Gasteiger partial charge in [-0.05, 0) is 62.4 Å². The van der Waals surface area contributed by atoms with Crippen LogP contribution in [0.1, 0.15) is 37.0 Å². The number of hydrogen-bond donors (Lipinski definition) is 2. The number of hydrogen-bond acceptors (Lipinski definition) is 7. The molecule has 1 amide bonds. The lowest BCUT2D eigenvalue weighted by molar-refractivity contribution is 0.0344. The van der Waals surface area contributed by atoms with Crippen molar-refractivity contribution in [1.29, 1.82) is 0 Å². The van der Waals surface area contributed by atoms with Crippen molar-refractivity contribution in [2.45, 2.75) is 43.0 Å². The molecule has 0 spiro atoms. The summed E-state index contributed by atoms with van der Waals surface area (Å²) >= 11 is 1.12. The molecule has 0 unspecified atom stereocenters. The lowest BCUT2D eigenvalue weighted by atomic mass is 9.99. The number of nitrogens with zero attached hydrogens (tertiary/aromatic N) is 2. The van der Waals surface area contributed by atoms with Crippen LogP contribution in [0.15, 0.2) is 39.9 Å². The molecule has 1 aromatic carbocycles. The number of anilines is 1. The monoisotopic (exact) mass is 507 g/mol. The fraction of sp³-hybridized carbons (Fsp3) is 0.542. The number of nitrogens with one attached hydrogen (secondary N) is 1. The highest BCUT2D eigenvalue weighted by Gasteiger charge is 2.34. The highest BCUT2D eigenvalue weighted by atomic mass is 32.2. The van der Waals surface area contributed by atoms with Crippen molar-refractivity contribution in [2.75, 3.05) is 38.0 Å². The third kappa shape index (κ3) is 5.73. The van der Waals surface area contributed by atoms with E-state index in [4.69, 9.17) is 4.74 Å². The Balaban J connectivity index is 1.64. The van der Waals surface area contributed by atoms with E-state index in [0.717, 1.165) is 30.3 Å². The van der Waals surface area contributed by atoms with Gasteiger partial charge in [0.05, 0.1) is 18.2 Å². The minimum atomic E-state index is -3.75. The summed E-state index contributed by atoms with van der Waals surface area (Å²) in [5, 5.41) is 11.5. The van der Waals surface area contributed by atoms with Gasteiger partial charge in [0.25, 0.3) is 15.9 Å². The molecule has 1 aromatic heterocycles. The lowest BCUT2D eigenvalue weighted by Gasteiger charge is -2.38. The number of aliphatic hydroxyl groups is 1. The topological polar surface area (TPSA) is 99.2 Å². The predicted octanol–water partition coefficient (Wildman–Crippen LogP) is 3.11. The molecule has 186 valence electrons. The van der Waals surface area contributed by atoms with Gasteiger partial charge in [0.1, 0.15) is 16.1 Å². The zero-order valence-electron chi connectivity index (χ0n) is 19.8. The van der Waals surface area contributed by atoms with Gasteiger partial charge in [-0.3, -0.25) is 9.52 Å². The van der Waals surface area contributed by atoms with Crippen LogP contribution in [0.5, 0.6) is 5.75 Å². The molecular formula is C24H33N3O5S2. The molecule has 0 saturated heterocycles. The van der Waals surface area contributed by atoms with E-state index in [1.807, 2.05) is 6.92 Å². The molecule has 2 aliphatic rings. The van der Waals surface area contributed by atoms with Gasteiger partial charge >= 0.3 is 0 Å². The van der Waals surface area contributed by atoms with Crippen LogP contribution in [0.3, 0.4) is 0 Å². The number of sulfonamides is 1. The van der Waals surface area contributed by atoms with E-state index < -0.39 is 10.0 Å². The largest absolute Gasteiger partial charge is 0.488 e. The third-order valence-electron chi connectivity index (χ3n) is 6.44. The number of likely N-dealkylation sites (N-methyl/N-ethyl adjacent to an activating group) is 1. The number of amides is 1. The maximum Gasteiger partial charge on any atom is 0.271 e. The number of carbonyl (C=O) groups is 1. The normalized spacial score (nSPS) is 22.0. The molecule has 4 rings (SSSR count). The summed E-state index contributed by atoms with van der Waals surface area (Å²) in [6, 6.07) is 7.64. The van der Waals surface area contributed by atoms with Crippen molar-refractivity contribution in [2.24, 2.45) is 11.8 Å². The Labute approximate surface area is 205 Å². The van der Waals surface area contributed by atoms with E-state index in [2.05, 4.69) is 23.6 Å². The molecule has 0 radical (unpaired) electrons. The molecule has 1 aliphatic carbocycles. The first-order valence-electron chi connectivity index (χ1n) is 11.7. The SMILES string of the molecule is C[C@@H]1CN([C@@H](C)CO)C(=O)c2cc(NS(=O)(=O)c3cccs3)ccc2O[C@H]1CN(C)CC1CC1. The van der Waals surface area contributed by atoms with Gasteiger partial charge in [0.2, 0.25) is 0 Å². The quantitative estimate of drug-likeness (QED) is 0.541. The minimum Gasteiger partial charge on any atom is -0.488 e. The minimum absolute atomic E-state index is 0.0461. The first kappa shape index (κ1) is 25.0. The first-order valence-corrected chi connectivity index (χ1v) is 14.0. The van der Waals surface area contributed by atoms with E-state index in [0.29, 0.717) is 12.3 Å². The van der Waals surface area contributed by atoms with Crippen LogP contribution < -0.4 is 9.46 Å². The zero-order valence-corrected chi connectivity index (χ0v) is 21.4. The Morgan fingerprint density at radius 1 is 1.29 bits per heavy atom. The van der Waals surface area contributed by atoms with Crippen molar-refractivity contribution in [3.8, 4) is 5.75 Å². The molecule has 2 N–H and O–H groups in total. The van der Waals surface area contributed by atoms with Gasteiger partial charge in [-0.25, -0.2) is 8.42 Å². The summed E-state index contributed by atoms with van der Waals surface area (Å²) in [6.45, 7) is 5.90. The average Bonchev–Trinajstić information content (AvgIpc) is 3.41. The van der Waals surface area contributed by atoms with Crippen molar-refractivity contribution >= 4 is 33.0 Å². The number of ether oxygens (including phenoxy) is 1. The Kier molecular flexibility index (Phi) is 7.51. The van der Waals surface area contributed by atoms with Crippen molar-refractivity contribution in [1.82, 2.24) is 9.80 Å². The maximum atomic E-state index is 13.5. The number of thiophene rings is 1. The Hall–Kier alpha value is -2.14. The van der Waals surface area contributed by atoms with Crippen molar-refractivity contribution < 1.29 is 23.1 Å². The van der Waals surface area contributed by atoms with Crippen LogP contribution >= 0.6 is 11.3 Å². The first-order chi connectivity index (χ1) is 16.2. The molecular weight excluding hydrogens is 474 g/mol. The third-order valence-corrected chi connectivity index (χ3v) is 9.21. The highest BCUT2D eigenvalue weighted by Crippen LogP contribution is 2.33. The van der Waals surface area contributed by atoms with Crippen LogP contribution in [0, 0.1) is 11.8 Å². The molecule has 8 nitrogen and oxygen atoms in total. The summed E-state index contributed by atoms with van der Waals surface area (Å²) < 4.78 is 34.5. The van der Waals surface area contributed by atoms with E-state index in [1.165, 1.54) is 25.0 Å². The second-order valence-corrected chi connectivity index (χ2v) is 12.4. The average molecular weight is 508 g/mol. The van der Waals surface area contributed by atoms with Crippen LogP contribution in [0.2, 0.25) is 0 Å². The molecule has 10 heteroatoms. The Morgan fingerprint density at radius 3 is 2.71 bits per heavy atom. The summed E-state index contributed by atoms with van der Waals surface area (Å²) in [4.78, 5) is 17.5. The second-order valence-electron chi connectivity index (χ2n) is 9.54. The van der Waals surface area contributed by atoms with Crippen LogP contribution in [0.25, 0.3) is 0 Å². The number of rotatable bonds is 9. The molecule has 1 saturated carbocycles. The molecule has 3 atom stereocenters. The molecule has 1 aliphatic heterocycles. The highest BCUT2D eigenvalue weighted by molar-refractivity contribution is 7.94. The van der Waals surface area contributed by atoms with Gasteiger partial charge in [-0.2, -0.15) is 0 Å². The Bertz CT molecular complexity index is 1100. The Morgan fingerprint density at radius 2 is 2.06 bits per heavy atom. The van der Waals surface area contributed by atoms with Crippen molar-refractivity contribution in [3.05, 3.63) is 41.3 Å². The number of fused-ring (bicyclic) bond motifs is 1. The van der Waals surface area contributed by atoms with Crippen LogP contribution in [-0.2, 0) is 10.0 Å². The van der Waals surface area contributed by atoms with E-state index in [1.54, 1.807) is 28.5 Å². The summed E-state index contributed by atoms with van der Waals surface area (Å²) in [5.74, 6) is 0.943. The van der Waals surface area contributed by atoms with Gasteiger partial charge < -0.3 is 19.6 Å². The van der Waals surface area contributed by atoms with E-state index in [-0.39, 0.29) is 46.0 Å². The van der Waals surface area contributed by atoms with Gasteiger partial charge in [0, 0.05) is 31.2 Å². The van der Waals surface area contributed by atoms with Crippen molar-refractivity contribution in [3.63, 3.8) is 0 Å². The van der Waals surface area contributed by atoms with E-state index in [9.17, 15) is 18.3 Å². The zero-order chi connectivity index (χ0) is 24.5. The molecule has 34 heavy (non-hydrogen) atoms. The van der Waals surface area contributed by atoms with Gasteiger partial charge in [-0.15, -0.1) is 11.3 Å². The number of aliphatic hydroxyl groups excluding tert-OH is 1. The standard InChI is InChI=1S/C24H33N3O5S2/c1-16-12-27(17(2)15-28)24(29)20-11-19(25-34(30,31)23-5-4-10-33-23)8-9-21(20)32-22(16)14-26(3)13-18-6-7-18/h4-5,8-11,16-18,22,25,28H,6-7,12-15H2,1-3H3/t16-,17+,22+/m1/s1. The van der Waals surface area contributed by atoms with Gasteiger partial charge in [-0.1, -0.05) is 13.0 Å². The fourth-order valence-corrected chi connectivity index (χ4v) is 6.29. The number of benzene rings is 1. The predicted molar refractivity (Wildman–Crippen MR) is 133 cm³/mol. The molecule has 2 aromatic rings. The van der Waals surface area contributed by atoms with E-state index >= 15 is 0 Å². The van der Waals surface area contributed by atoms with Crippen LogP contribution in [-0.4, -0.2) is 74.7 Å². The molecule has 0 bridgehead atoms. The van der Waals surface area contributed by atoms with Crippen LogP contribution in [0.4, 0.5) is 5.69 Å². The fourth-order valence-electron chi connectivity index (χ4n) is 4.25. The smallest absolute Gasteiger partial charge is 0.271 e.